The lowest BCUT2D eigenvalue weighted by molar-refractivity contribution is -0.153. The SMILES string of the molecule is Cc1c(-c2ccc(OCC(F)(F)F)cc2)n(C)c(OCC2COCCO2)cc1=O. The van der Waals surface area contributed by atoms with Crippen molar-refractivity contribution in [2.45, 2.75) is 19.2 Å². The van der Waals surface area contributed by atoms with Crippen LogP contribution in [-0.4, -0.2) is 49.9 Å². The average molecular weight is 413 g/mol. The average Bonchev–Trinajstić information content (AvgIpc) is 2.69. The zero-order valence-electron chi connectivity index (χ0n) is 16.1. The first kappa shape index (κ1) is 21.2. The van der Waals surface area contributed by atoms with E-state index in [1.54, 1.807) is 30.7 Å². The molecule has 6 nitrogen and oxygen atoms in total. The molecule has 0 aliphatic carbocycles. The third kappa shape index (κ3) is 5.51. The molecule has 3 rings (SSSR count). The Labute approximate surface area is 165 Å². The maximum absolute atomic E-state index is 12.4. The lowest BCUT2D eigenvalue weighted by atomic mass is 10.1. The van der Waals surface area contributed by atoms with Gasteiger partial charge in [-0.1, -0.05) is 0 Å². The predicted molar refractivity (Wildman–Crippen MR) is 99.5 cm³/mol. The van der Waals surface area contributed by atoms with Crippen LogP contribution >= 0.6 is 0 Å². The summed E-state index contributed by atoms with van der Waals surface area (Å²) in [5.74, 6) is 0.456. The number of ether oxygens (including phenoxy) is 4. The van der Waals surface area contributed by atoms with Crippen LogP contribution in [0.3, 0.4) is 0 Å². The molecule has 1 atom stereocenters. The first-order chi connectivity index (χ1) is 13.7. The molecule has 1 aromatic heterocycles. The van der Waals surface area contributed by atoms with E-state index in [0.717, 1.165) is 0 Å². The van der Waals surface area contributed by atoms with Gasteiger partial charge in [0, 0.05) is 18.7 Å². The number of halogens is 3. The maximum atomic E-state index is 12.4. The molecule has 2 aromatic rings. The molecule has 1 aliphatic rings. The second kappa shape index (κ2) is 8.87. The summed E-state index contributed by atoms with van der Waals surface area (Å²) >= 11 is 0. The highest BCUT2D eigenvalue weighted by atomic mass is 19.4. The fourth-order valence-corrected chi connectivity index (χ4v) is 3.03. The second-order valence-corrected chi connectivity index (χ2v) is 6.69. The highest BCUT2D eigenvalue weighted by Crippen LogP contribution is 2.27. The summed E-state index contributed by atoms with van der Waals surface area (Å²) in [6.45, 7) is 2.03. The van der Waals surface area contributed by atoms with E-state index >= 15 is 0 Å². The molecule has 29 heavy (non-hydrogen) atoms. The number of hydrogen-bond acceptors (Lipinski definition) is 5. The molecule has 158 valence electrons. The van der Waals surface area contributed by atoms with Gasteiger partial charge in [0.15, 0.2) is 17.9 Å². The first-order valence-electron chi connectivity index (χ1n) is 9.07. The van der Waals surface area contributed by atoms with E-state index in [0.29, 0.717) is 42.5 Å². The van der Waals surface area contributed by atoms with Gasteiger partial charge < -0.3 is 23.5 Å². The molecule has 0 bridgehead atoms. The third-order valence-electron chi connectivity index (χ3n) is 4.48. The Morgan fingerprint density at radius 1 is 1.17 bits per heavy atom. The largest absolute Gasteiger partial charge is 0.484 e. The number of aromatic nitrogens is 1. The lowest BCUT2D eigenvalue weighted by Gasteiger charge is -2.24. The standard InChI is InChI=1S/C20H22F3NO5/c1-13-17(25)9-18(28-11-16-10-26-7-8-27-16)24(2)19(13)14-3-5-15(6-4-14)29-12-20(21,22)23/h3-6,9,16H,7-8,10-12H2,1-2H3. The van der Waals surface area contributed by atoms with Crippen LogP contribution in [0.4, 0.5) is 13.2 Å². The maximum Gasteiger partial charge on any atom is 0.422 e. The Morgan fingerprint density at radius 2 is 1.90 bits per heavy atom. The molecule has 1 unspecified atom stereocenters. The number of nitrogens with zero attached hydrogens (tertiary/aromatic N) is 1. The van der Waals surface area contributed by atoms with Crippen molar-refractivity contribution in [1.29, 1.82) is 0 Å². The van der Waals surface area contributed by atoms with Crippen molar-refractivity contribution in [3.63, 3.8) is 0 Å². The van der Waals surface area contributed by atoms with E-state index in [-0.39, 0.29) is 23.9 Å². The highest BCUT2D eigenvalue weighted by Gasteiger charge is 2.28. The summed E-state index contributed by atoms with van der Waals surface area (Å²) in [6.07, 6.45) is -4.62. The second-order valence-electron chi connectivity index (χ2n) is 6.69. The molecule has 9 heteroatoms. The van der Waals surface area contributed by atoms with Crippen molar-refractivity contribution in [3.8, 4) is 22.9 Å². The predicted octanol–water partition coefficient (Wildman–Crippen LogP) is 3.10. The normalized spacial score (nSPS) is 17.2. The summed E-state index contributed by atoms with van der Waals surface area (Å²) in [4.78, 5) is 12.4. The van der Waals surface area contributed by atoms with Gasteiger partial charge in [0.25, 0.3) is 0 Å². The van der Waals surface area contributed by atoms with Crippen molar-refractivity contribution >= 4 is 0 Å². The number of rotatable bonds is 6. The van der Waals surface area contributed by atoms with Crippen LogP contribution in [0.1, 0.15) is 5.56 Å². The number of hydrogen-bond donors (Lipinski definition) is 0. The minimum Gasteiger partial charge on any atom is -0.484 e. The molecule has 0 spiro atoms. The fraction of sp³-hybridized carbons (Fsp3) is 0.450. The molecule has 1 aromatic carbocycles. The van der Waals surface area contributed by atoms with Gasteiger partial charge in [0.1, 0.15) is 18.5 Å². The van der Waals surface area contributed by atoms with Gasteiger partial charge >= 0.3 is 6.18 Å². The smallest absolute Gasteiger partial charge is 0.422 e. The van der Waals surface area contributed by atoms with Gasteiger partial charge in [-0.05, 0) is 36.8 Å². The monoisotopic (exact) mass is 413 g/mol. The van der Waals surface area contributed by atoms with Crippen LogP contribution in [0, 0.1) is 6.92 Å². The summed E-state index contributed by atoms with van der Waals surface area (Å²) in [5, 5.41) is 0. The molecule has 2 heterocycles. The van der Waals surface area contributed by atoms with Crippen LogP contribution in [-0.2, 0) is 16.5 Å². The number of alkyl halides is 3. The summed E-state index contributed by atoms with van der Waals surface area (Å²) < 4.78 is 60.0. The molecule has 1 fully saturated rings. The lowest BCUT2D eigenvalue weighted by Crippen LogP contribution is -2.34. The molecule has 0 radical (unpaired) electrons. The molecule has 1 saturated heterocycles. The van der Waals surface area contributed by atoms with Crippen LogP contribution < -0.4 is 14.9 Å². The molecule has 0 amide bonds. The van der Waals surface area contributed by atoms with E-state index < -0.39 is 12.8 Å². The van der Waals surface area contributed by atoms with Gasteiger partial charge in [-0.15, -0.1) is 0 Å². The van der Waals surface area contributed by atoms with Gasteiger partial charge in [0.2, 0.25) is 0 Å². The van der Waals surface area contributed by atoms with E-state index in [2.05, 4.69) is 0 Å². The molecule has 0 N–H and O–H groups in total. The zero-order chi connectivity index (χ0) is 21.0. The van der Waals surface area contributed by atoms with Crippen molar-refractivity contribution < 1.29 is 32.1 Å². The number of pyridine rings is 1. The Bertz CT molecular complexity index is 887. The van der Waals surface area contributed by atoms with Crippen molar-refractivity contribution in [2.75, 3.05) is 33.0 Å². The van der Waals surface area contributed by atoms with Crippen LogP contribution in [0.15, 0.2) is 35.1 Å². The number of benzene rings is 1. The first-order valence-corrected chi connectivity index (χ1v) is 9.07. The minimum atomic E-state index is -4.40. The molecular formula is C20H22F3NO5. The highest BCUT2D eigenvalue weighted by molar-refractivity contribution is 5.65. The van der Waals surface area contributed by atoms with Crippen molar-refractivity contribution in [1.82, 2.24) is 4.57 Å². The van der Waals surface area contributed by atoms with Crippen molar-refractivity contribution in [2.24, 2.45) is 7.05 Å². The molecule has 1 aliphatic heterocycles. The molecular weight excluding hydrogens is 391 g/mol. The quantitative estimate of drug-likeness (QED) is 0.729. The molecule has 0 saturated carbocycles. The Kier molecular flexibility index (Phi) is 6.49. The van der Waals surface area contributed by atoms with Gasteiger partial charge in [-0.25, -0.2) is 0 Å². The van der Waals surface area contributed by atoms with Crippen LogP contribution in [0.5, 0.6) is 11.6 Å². The van der Waals surface area contributed by atoms with Gasteiger partial charge in [-0.3, -0.25) is 4.79 Å². The van der Waals surface area contributed by atoms with Crippen LogP contribution in [0.25, 0.3) is 11.3 Å². The van der Waals surface area contributed by atoms with E-state index in [1.807, 2.05) is 0 Å². The Hall–Kier alpha value is -2.52. The summed E-state index contributed by atoms with van der Waals surface area (Å²) in [6, 6.07) is 7.49. The summed E-state index contributed by atoms with van der Waals surface area (Å²) in [7, 11) is 1.75. The van der Waals surface area contributed by atoms with E-state index in [4.69, 9.17) is 18.9 Å². The topological polar surface area (TPSA) is 58.9 Å². The summed E-state index contributed by atoms with van der Waals surface area (Å²) in [5.41, 5.74) is 1.56. The Balaban J connectivity index is 1.80. The van der Waals surface area contributed by atoms with Crippen molar-refractivity contribution in [3.05, 3.63) is 46.1 Å². The van der Waals surface area contributed by atoms with Crippen LogP contribution in [0.2, 0.25) is 0 Å². The third-order valence-corrected chi connectivity index (χ3v) is 4.48. The minimum absolute atomic E-state index is 0.0931. The van der Waals surface area contributed by atoms with E-state index in [9.17, 15) is 18.0 Å². The fourth-order valence-electron chi connectivity index (χ4n) is 3.03. The van der Waals surface area contributed by atoms with Gasteiger partial charge in [0.05, 0.1) is 25.5 Å². The van der Waals surface area contributed by atoms with E-state index in [1.165, 1.54) is 18.2 Å². The Morgan fingerprint density at radius 3 is 2.52 bits per heavy atom. The van der Waals surface area contributed by atoms with Gasteiger partial charge in [-0.2, -0.15) is 13.2 Å². The zero-order valence-corrected chi connectivity index (χ0v) is 16.1.